The highest BCUT2D eigenvalue weighted by molar-refractivity contribution is 7.89. The van der Waals surface area contributed by atoms with Crippen LogP contribution in [-0.4, -0.2) is 57.6 Å². The lowest BCUT2D eigenvalue weighted by Gasteiger charge is -2.26. The SMILES string of the molecule is Cc1cccc(C)c1OCC(=O)Nc1cc(S(=O)(=O)N2CCOCC2)ccc1OC(C)C. The predicted molar refractivity (Wildman–Crippen MR) is 122 cm³/mol. The fraction of sp³-hybridized carbons (Fsp3) is 0.435. The Morgan fingerprint density at radius 3 is 2.41 bits per heavy atom. The van der Waals surface area contributed by atoms with E-state index in [1.54, 1.807) is 6.07 Å². The van der Waals surface area contributed by atoms with E-state index in [0.29, 0.717) is 24.7 Å². The Morgan fingerprint density at radius 1 is 1.12 bits per heavy atom. The zero-order valence-corrected chi connectivity index (χ0v) is 19.7. The standard InChI is InChI=1S/C23H30N2O6S/c1-16(2)31-21-9-8-19(32(27,28)25-10-12-29-13-11-25)14-20(21)24-22(26)15-30-23-17(3)6-5-7-18(23)4/h5-9,14,16H,10-13,15H2,1-4H3,(H,24,26). The Morgan fingerprint density at radius 2 is 1.78 bits per heavy atom. The minimum absolute atomic E-state index is 0.0847. The van der Waals surface area contributed by atoms with Crippen LogP contribution in [-0.2, 0) is 19.6 Å². The number of benzene rings is 2. The quantitative estimate of drug-likeness (QED) is 0.648. The van der Waals surface area contributed by atoms with Gasteiger partial charge in [-0.25, -0.2) is 8.42 Å². The van der Waals surface area contributed by atoms with E-state index in [-0.39, 0.29) is 36.4 Å². The smallest absolute Gasteiger partial charge is 0.262 e. The summed E-state index contributed by atoms with van der Waals surface area (Å²) < 4.78 is 44.2. The fourth-order valence-electron chi connectivity index (χ4n) is 3.41. The Kier molecular flexibility index (Phi) is 7.76. The van der Waals surface area contributed by atoms with Gasteiger partial charge in [0, 0.05) is 13.1 Å². The lowest BCUT2D eigenvalue weighted by atomic mass is 10.1. The summed E-state index contributed by atoms with van der Waals surface area (Å²) in [6, 6.07) is 10.2. The van der Waals surface area contributed by atoms with Crippen molar-refractivity contribution >= 4 is 21.6 Å². The highest BCUT2D eigenvalue weighted by Crippen LogP contribution is 2.30. The number of para-hydroxylation sites is 1. The van der Waals surface area contributed by atoms with Crippen LogP contribution in [0.2, 0.25) is 0 Å². The molecule has 0 bridgehead atoms. The largest absolute Gasteiger partial charge is 0.489 e. The second kappa shape index (κ2) is 10.3. The van der Waals surface area contributed by atoms with Crippen molar-refractivity contribution in [2.45, 2.75) is 38.7 Å². The van der Waals surface area contributed by atoms with Crippen LogP contribution in [0.1, 0.15) is 25.0 Å². The normalized spacial score (nSPS) is 14.9. The molecular weight excluding hydrogens is 432 g/mol. The third-order valence-electron chi connectivity index (χ3n) is 4.95. The molecule has 2 aromatic rings. The average molecular weight is 463 g/mol. The van der Waals surface area contributed by atoms with Gasteiger partial charge in [0.15, 0.2) is 6.61 Å². The van der Waals surface area contributed by atoms with E-state index in [0.717, 1.165) is 11.1 Å². The maximum absolute atomic E-state index is 13.0. The topological polar surface area (TPSA) is 94.2 Å². The van der Waals surface area contributed by atoms with Crippen molar-refractivity contribution < 1.29 is 27.4 Å². The molecule has 32 heavy (non-hydrogen) atoms. The van der Waals surface area contributed by atoms with Crippen molar-refractivity contribution in [3.05, 3.63) is 47.5 Å². The second-order valence-electron chi connectivity index (χ2n) is 7.90. The Bertz CT molecular complexity index is 1040. The van der Waals surface area contributed by atoms with E-state index in [1.807, 2.05) is 45.9 Å². The van der Waals surface area contributed by atoms with Crippen molar-refractivity contribution in [2.75, 3.05) is 38.2 Å². The third-order valence-corrected chi connectivity index (χ3v) is 6.85. The van der Waals surface area contributed by atoms with Crippen LogP contribution in [0, 0.1) is 13.8 Å². The molecule has 1 amide bonds. The van der Waals surface area contributed by atoms with Gasteiger partial charge >= 0.3 is 0 Å². The number of hydrogen-bond acceptors (Lipinski definition) is 6. The average Bonchev–Trinajstić information content (AvgIpc) is 2.75. The van der Waals surface area contributed by atoms with Crippen molar-refractivity contribution in [2.24, 2.45) is 0 Å². The number of morpholine rings is 1. The summed E-state index contributed by atoms with van der Waals surface area (Å²) in [6.07, 6.45) is -0.154. The number of aryl methyl sites for hydroxylation is 2. The first-order chi connectivity index (χ1) is 15.2. The number of rotatable bonds is 8. The summed E-state index contributed by atoms with van der Waals surface area (Å²) in [4.78, 5) is 12.7. The molecule has 2 aromatic carbocycles. The van der Waals surface area contributed by atoms with Gasteiger partial charge in [0.05, 0.1) is 29.9 Å². The second-order valence-corrected chi connectivity index (χ2v) is 9.84. The number of amides is 1. The van der Waals surface area contributed by atoms with E-state index >= 15 is 0 Å². The number of hydrogen-bond donors (Lipinski definition) is 1. The Hall–Kier alpha value is -2.62. The molecular formula is C23H30N2O6S. The van der Waals surface area contributed by atoms with Crippen LogP contribution in [0.5, 0.6) is 11.5 Å². The van der Waals surface area contributed by atoms with Gasteiger partial charge in [-0.3, -0.25) is 4.79 Å². The number of nitrogens with zero attached hydrogens (tertiary/aromatic N) is 1. The molecule has 8 nitrogen and oxygen atoms in total. The van der Waals surface area contributed by atoms with E-state index in [2.05, 4.69) is 5.32 Å². The van der Waals surface area contributed by atoms with E-state index in [9.17, 15) is 13.2 Å². The van der Waals surface area contributed by atoms with Gasteiger partial charge in [0.2, 0.25) is 10.0 Å². The van der Waals surface area contributed by atoms with Gasteiger partial charge in [-0.05, 0) is 57.0 Å². The first-order valence-corrected chi connectivity index (χ1v) is 12.0. The molecule has 0 radical (unpaired) electrons. The van der Waals surface area contributed by atoms with Crippen LogP contribution >= 0.6 is 0 Å². The van der Waals surface area contributed by atoms with Gasteiger partial charge in [-0.2, -0.15) is 4.31 Å². The maximum Gasteiger partial charge on any atom is 0.262 e. The molecule has 1 aliphatic rings. The monoisotopic (exact) mass is 462 g/mol. The van der Waals surface area contributed by atoms with E-state index in [4.69, 9.17) is 14.2 Å². The molecule has 0 unspecified atom stereocenters. The third kappa shape index (κ3) is 5.79. The summed E-state index contributed by atoms with van der Waals surface area (Å²) in [5, 5.41) is 2.74. The zero-order chi connectivity index (χ0) is 23.3. The molecule has 0 saturated carbocycles. The van der Waals surface area contributed by atoms with Crippen LogP contribution in [0.15, 0.2) is 41.3 Å². The number of nitrogens with one attached hydrogen (secondary N) is 1. The lowest BCUT2D eigenvalue weighted by molar-refractivity contribution is -0.118. The molecule has 1 N–H and O–H groups in total. The fourth-order valence-corrected chi connectivity index (χ4v) is 4.85. The highest BCUT2D eigenvalue weighted by Gasteiger charge is 2.27. The lowest BCUT2D eigenvalue weighted by Crippen LogP contribution is -2.40. The minimum Gasteiger partial charge on any atom is -0.489 e. The molecule has 0 spiro atoms. The Labute approximate surface area is 189 Å². The molecule has 3 rings (SSSR count). The first-order valence-electron chi connectivity index (χ1n) is 10.6. The molecule has 0 aliphatic carbocycles. The summed E-state index contributed by atoms with van der Waals surface area (Å²) in [6.45, 7) is 8.61. The van der Waals surface area contributed by atoms with Gasteiger partial charge in [0.25, 0.3) is 5.91 Å². The molecule has 174 valence electrons. The van der Waals surface area contributed by atoms with Gasteiger partial charge in [-0.1, -0.05) is 18.2 Å². The predicted octanol–water partition coefficient (Wildman–Crippen LogP) is 3.13. The van der Waals surface area contributed by atoms with Crippen LogP contribution in [0.25, 0.3) is 0 Å². The summed E-state index contributed by atoms with van der Waals surface area (Å²) in [7, 11) is -3.72. The van der Waals surface area contributed by atoms with Crippen molar-refractivity contribution in [1.29, 1.82) is 0 Å². The van der Waals surface area contributed by atoms with Crippen molar-refractivity contribution in [1.82, 2.24) is 4.31 Å². The van der Waals surface area contributed by atoms with E-state index in [1.165, 1.54) is 16.4 Å². The summed E-state index contributed by atoms with van der Waals surface area (Å²) in [5.74, 6) is 0.633. The number of carbonyl (C=O) groups is 1. The number of ether oxygens (including phenoxy) is 3. The maximum atomic E-state index is 13.0. The van der Waals surface area contributed by atoms with Crippen LogP contribution in [0.3, 0.4) is 0 Å². The highest BCUT2D eigenvalue weighted by atomic mass is 32.2. The molecule has 1 aliphatic heterocycles. The molecule has 1 heterocycles. The molecule has 0 aromatic heterocycles. The van der Waals surface area contributed by atoms with E-state index < -0.39 is 15.9 Å². The van der Waals surface area contributed by atoms with Crippen molar-refractivity contribution in [3.63, 3.8) is 0 Å². The minimum atomic E-state index is -3.72. The molecule has 0 atom stereocenters. The molecule has 1 saturated heterocycles. The summed E-state index contributed by atoms with van der Waals surface area (Å²) >= 11 is 0. The van der Waals surface area contributed by atoms with Crippen LogP contribution < -0.4 is 14.8 Å². The zero-order valence-electron chi connectivity index (χ0n) is 18.9. The van der Waals surface area contributed by atoms with Gasteiger partial charge < -0.3 is 19.5 Å². The number of sulfonamides is 1. The van der Waals surface area contributed by atoms with Gasteiger partial charge in [-0.15, -0.1) is 0 Å². The summed E-state index contributed by atoms with van der Waals surface area (Å²) in [5.41, 5.74) is 2.14. The Balaban J connectivity index is 1.81. The number of anilines is 1. The first kappa shape index (κ1) is 24.0. The molecule has 9 heteroatoms. The van der Waals surface area contributed by atoms with Gasteiger partial charge in [0.1, 0.15) is 11.5 Å². The van der Waals surface area contributed by atoms with Crippen LogP contribution in [0.4, 0.5) is 5.69 Å². The van der Waals surface area contributed by atoms with Crippen molar-refractivity contribution in [3.8, 4) is 11.5 Å². The molecule has 1 fully saturated rings. The number of carbonyl (C=O) groups excluding carboxylic acids is 1.